The lowest BCUT2D eigenvalue weighted by Crippen LogP contribution is -2.36. The van der Waals surface area contributed by atoms with E-state index >= 15 is 0 Å². The van der Waals surface area contributed by atoms with E-state index in [0.717, 1.165) is 18.8 Å². The number of aromatic nitrogens is 3. The molecule has 1 aliphatic heterocycles. The molecule has 8 nitrogen and oxygen atoms in total. The molecule has 0 saturated carbocycles. The summed E-state index contributed by atoms with van der Waals surface area (Å²) in [4.78, 5) is 27.3. The van der Waals surface area contributed by atoms with Gasteiger partial charge in [-0.15, -0.1) is 0 Å². The highest BCUT2D eigenvalue weighted by Gasteiger charge is 2.23. The number of rotatable bonds is 6. The number of fused-ring (bicyclic) bond motifs is 1. The third-order valence-electron chi connectivity index (χ3n) is 4.92. The number of nitrogens with zero attached hydrogens (tertiary/aromatic N) is 4. The van der Waals surface area contributed by atoms with Gasteiger partial charge in [0.2, 0.25) is 0 Å². The first kappa shape index (κ1) is 20.4. The summed E-state index contributed by atoms with van der Waals surface area (Å²) in [6.07, 6.45) is 2.03. The molecular formula is C19H26ClN5O3. The quantitative estimate of drug-likeness (QED) is 0.782. The largest absolute Gasteiger partial charge is 0.496 e. The molecule has 1 aromatic heterocycles. The normalized spacial score (nSPS) is 16.5. The van der Waals surface area contributed by atoms with E-state index in [1.165, 1.54) is 11.8 Å². The summed E-state index contributed by atoms with van der Waals surface area (Å²) in [6.45, 7) is 1.87. The van der Waals surface area contributed by atoms with Crippen LogP contribution in [0.2, 0.25) is 5.02 Å². The van der Waals surface area contributed by atoms with Crippen molar-refractivity contribution in [2.45, 2.75) is 38.4 Å². The van der Waals surface area contributed by atoms with Gasteiger partial charge in [-0.2, -0.15) is 5.10 Å². The van der Waals surface area contributed by atoms with Gasteiger partial charge in [0.15, 0.2) is 0 Å². The maximum Gasteiger partial charge on any atom is 0.345 e. The van der Waals surface area contributed by atoms with Crippen LogP contribution in [0.15, 0.2) is 23.0 Å². The molecular weight excluding hydrogens is 382 g/mol. The summed E-state index contributed by atoms with van der Waals surface area (Å²) >= 11 is 6.02. The van der Waals surface area contributed by atoms with Crippen LogP contribution in [0, 0.1) is 0 Å². The molecule has 0 spiro atoms. The SMILES string of the molecule is COc1ccc(Cl)cc1C(=O)NC1CCc2nn(CCN(C)C)c(=O)n2CC1. The van der Waals surface area contributed by atoms with Crippen molar-refractivity contribution in [3.8, 4) is 5.75 Å². The van der Waals surface area contributed by atoms with Crippen LogP contribution in [0.4, 0.5) is 0 Å². The van der Waals surface area contributed by atoms with E-state index in [1.54, 1.807) is 22.8 Å². The van der Waals surface area contributed by atoms with Crippen LogP contribution in [0.1, 0.15) is 29.0 Å². The second-order valence-corrected chi connectivity index (χ2v) is 7.66. The number of aryl methyl sites for hydroxylation is 1. The molecule has 3 rings (SSSR count). The first-order chi connectivity index (χ1) is 13.4. The van der Waals surface area contributed by atoms with E-state index < -0.39 is 0 Å². The Balaban J connectivity index is 1.67. The smallest absolute Gasteiger partial charge is 0.345 e. The Morgan fingerprint density at radius 2 is 2.18 bits per heavy atom. The van der Waals surface area contributed by atoms with Gasteiger partial charge in [-0.05, 0) is 45.1 Å². The summed E-state index contributed by atoms with van der Waals surface area (Å²) < 4.78 is 8.52. The highest BCUT2D eigenvalue weighted by molar-refractivity contribution is 6.31. The fraction of sp³-hybridized carbons (Fsp3) is 0.526. The predicted molar refractivity (Wildman–Crippen MR) is 107 cm³/mol. The van der Waals surface area contributed by atoms with Crippen molar-refractivity contribution >= 4 is 17.5 Å². The van der Waals surface area contributed by atoms with Crippen molar-refractivity contribution in [1.82, 2.24) is 24.6 Å². The van der Waals surface area contributed by atoms with Crippen LogP contribution < -0.4 is 15.7 Å². The van der Waals surface area contributed by atoms with Crippen molar-refractivity contribution < 1.29 is 9.53 Å². The molecule has 2 aromatic rings. The summed E-state index contributed by atoms with van der Waals surface area (Å²) in [5.41, 5.74) is 0.323. The molecule has 1 aliphatic rings. The summed E-state index contributed by atoms with van der Waals surface area (Å²) in [6, 6.07) is 4.91. The van der Waals surface area contributed by atoms with Crippen LogP contribution in [0.3, 0.4) is 0 Å². The lowest BCUT2D eigenvalue weighted by atomic mass is 10.1. The van der Waals surface area contributed by atoms with Crippen LogP contribution in [-0.2, 0) is 19.5 Å². The molecule has 1 unspecified atom stereocenters. The third kappa shape index (κ3) is 4.56. The number of nitrogens with one attached hydrogen (secondary N) is 1. The van der Waals surface area contributed by atoms with Crippen LogP contribution in [0.5, 0.6) is 5.75 Å². The van der Waals surface area contributed by atoms with Crippen molar-refractivity contribution in [3.05, 3.63) is 45.1 Å². The van der Waals surface area contributed by atoms with Crippen molar-refractivity contribution in [3.63, 3.8) is 0 Å². The predicted octanol–water partition coefficient (Wildman–Crippen LogP) is 1.40. The maximum atomic E-state index is 12.7. The first-order valence-corrected chi connectivity index (χ1v) is 9.72. The highest BCUT2D eigenvalue weighted by atomic mass is 35.5. The molecule has 1 atom stereocenters. The van der Waals surface area contributed by atoms with Crippen molar-refractivity contribution in [2.24, 2.45) is 0 Å². The van der Waals surface area contributed by atoms with Gasteiger partial charge in [0, 0.05) is 30.6 Å². The molecule has 0 radical (unpaired) electrons. The Labute approximate surface area is 169 Å². The number of hydrogen-bond acceptors (Lipinski definition) is 5. The van der Waals surface area contributed by atoms with E-state index in [4.69, 9.17) is 16.3 Å². The average Bonchev–Trinajstić information content (AvgIpc) is 2.83. The van der Waals surface area contributed by atoms with Gasteiger partial charge in [0.1, 0.15) is 11.6 Å². The minimum Gasteiger partial charge on any atom is -0.496 e. The fourth-order valence-electron chi connectivity index (χ4n) is 3.33. The zero-order chi connectivity index (χ0) is 20.3. The van der Waals surface area contributed by atoms with E-state index in [0.29, 0.717) is 42.3 Å². The Morgan fingerprint density at radius 1 is 1.39 bits per heavy atom. The van der Waals surface area contributed by atoms with Crippen LogP contribution in [0.25, 0.3) is 0 Å². The Morgan fingerprint density at radius 3 is 2.89 bits per heavy atom. The molecule has 0 saturated heterocycles. The van der Waals surface area contributed by atoms with E-state index in [1.807, 2.05) is 19.0 Å². The maximum absolute atomic E-state index is 12.7. The Bertz CT molecular complexity index is 905. The lowest BCUT2D eigenvalue weighted by Gasteiger charge is -2.17. The van der Waals surface area contributed by atoms with E-state index in [2.05, 4.69) is 10.4 Å². The van der Waals surface area contributed by atoms with Crippen LogP contribution in [-0.4, -0.2) is 58.9 Å². The van der Waals surface area contributed by atoms with E-state index in [-0.39, 0.29) is 17.6 Å². The summed E-state index contributed by atoms with van der Waals surface area (Å²) in [7, 11) is 5.45. The molecule has 2 heterocycles. The van der Waals surface area contributed by atoms with Gasteiger partial charge in [-0.3, -0.25) is 9.36 Å². The number of ether oxygens (including phenoxy) is 1. The average molecular weight is 408 g/mol. The molecule has 28 heavy (non-hydrogen) atoms. The molecule has 0 aliphatic carbocycles. The van der Waals surface area contributed by atoms with Crippen molar-refractivity contribution in [2.75, 3.05) is 27.7 Å². The number of likely N-dealkylation sites (N-methyl/N-ethyl adjacent to an activating group) is 1. The number of carbonyl (C=O) groups is 1. The molecule has 1 amide bonds. The Hall–Kier alpha value is -2.32. The molecule has 1 aromatic carbocycles. The van der Waals surface area contributed by atoms with Gasteiger partial charge in [0.05, 0.1) is 19.2 Å². The van der Waals surface area contributed by atoms with Crippen LogP contribution >= 0.6 is 11.6 Å². The zero-order valence-electron chi connectivity index (χ0n) is 16.4. The monoisotopic (exact) mass is 407 g/mol. The second kappa shape index (κ2) is 8.79. The molecule has 1 N–H and O–H groups in total. The summed E-state index contributed by atoms with van der Waals surface area (Å²) in [5, 5.41) is 8.00. The fourth-order valence-corrected chi connectivity index (χ4v) is 3.51. The van der Waals surface area contributed by atoms with Gasteiger partial charge >= 0.3 is 5.69 Å². The minimum atomic E-state index is -0.229. The highest BCUT2D eigenvalue weighted by Crippen LogP contribution is 2.23. The second-order valence-electron chi connectivity index (χ2n) is 7.22. The number of halogens is 1. The topological polar surface area (TPSA) is 81.4 Å². The standard InChI is InChI=1S/C19H26ClN5O3/c1-23(2)10-11-25-19(27)24-9-8-14(5-7-17(24)22-25)21-18(26)15-12-13(20)4-6-16(15)28-3/h4,6,12,14H,5,7-11H2,1-3H3,(H,21,26). The summed E-state index contributed by atoms with van der Waals surface area (Å²) in [5.74, 6) is 1.03. The van der Waals surface area contributed by atoms with Gasteiger partial charge in [-0.1, -0.05) is 11.6 Å². The number of methoxy groups -OCH3 is 1. The Kier molecular flexibility index (Phi) is 6.41. The van der Waals surface area contributed by atoms with E-state index in [9.17, 15) is 9.59 Å². The first-order valence-electron chi connectivity index (χ1n) is 9.34. The number of carbonyl (C=O) groups excluding carboxylic acids is 1. The van der Waals surface area contributed by atoms with Crippen molar-refractivity contribution in [1.29, 1.82) is 0 Å². The zero-order valence-corrected chi connectivity index (χ0v) is 17.2. The number of benzene rings is 1. The number of hydrogen-bond donors (Lipinski definition) is 1. The molecule has 0 bridgehead atoms. The molecule has 0 fully saturated rings. The van der Waals surface area contributed by atoms with Gasteiger partial charge < -0.3 is 15.0 Å². The molecule has 152 valence electrons. The lowest BCUT2D eigenvalue weighted by molar-refractivity contribution is 0.0930. The minimum absolute atomic E-state index is 0.0486. The van der Waals surface area contributed by atoms with Gasteiger partial charge in [0.25, 0.3) is 5.91 Å². The molecule has 9 heteroatoms. The van der Waals surface area contributed by atoms with Gasteiger partial charge in [-0.25, -0.2) is 9.48 Å². The number of amides is 1. The third-order valence-corrected chi connectivity index (χ3v) is 5.15.